The summed E-state index contributed by atoms with van der Waals surface area (Å²) >= 11 is 0. The molecule has 0 aromatic rings. The summed E-state index contributed by atoms with van der Waals surface area (Å²) in [5, 5.41) is 8.51. The minimum absolute atomic E-state index is 0.285. The smallest absolute Gasteiger partial charge is 0.303 e. The van der Waals surface area contributed by atoms with Gasteiger partial charge in [-0.05, 0) is 17.8 Å². The average molecular weight is 158 g/mol. The van der Waals surface area contributed by atoms with Gasteiger partial charge in [0, 0.05) is 6.42 Å². The molecule has 2 heteroatoms. The van der Waals surface area contributed by atoms with Crippen molar-refractivity contribution >= 4 is 5.97 Å². The third-order valence-corrected chi connectivity index (χ3v) is 2.45. The summed E-state index contributed by atoms with van der Waals surface area (Å²) < 4.78 is 0. The van der Waals surface area contributed by atoms with Crippen LogP contribution in [0.2, 0.25) is 0 Å². The van der Waals surface area contributed by atoms with Crippen molar-refractivity contribution in [2.24, 2.45) is 17.8 Å². The van der Waals surface area contributed by atoms with Crippen LogP contribution in [0.25, 0.3) is 0 Å². The minimum Gasteiger partial charge on any atom is -0.481 e. The van der Waals surface area contributed by atoms with E-state index < -0.39 is 5.97 Å². The second-order valence-corrected chi connectivity index (χ2v) is 3.68. The SMILES string of the molecule is CC(C)[C@@H](C)[C@@H](C)CC(=O)O. The van der Waals surface area contributed by atoms with Crippen LogP contribution in [0, 0.1) is 17.8 Å². The molecule has 0 heterocycles. The van der Waals surface area contributed by atoms with Gasteiger partial charge in [0.1, 0.15) is 0 Å². The Morgan fingerprint density at radius 3 is 2.00 bits per heavy atom. The second-order valence-electron chi connectivity index (χ2n) is 3.68. The van der Waals surface area contributed by atoms with Crippen LogP contribution in [0.5, 0.6) is 0 Å². The van der Waals surface area contributed by atoms with E-state index in [9.17, 15) is 4.79 Å². The molecular formula is C9H18O2. The molecule has 2 atom stereocenters. The van der Waals surface area contributed by atoms with Crippen molar-refractivity contribution in [2.75, 3.05) is 0 Å². The highest BCUT2D eigenvalue weighted by Crippen LogP contribution is 2.22. The molecular weight excluding hydrogens is 140 g/mol. The van der Waals surface area contributed by atoms with E-state index in [4.69, 9.17) is 5.11 Å². The van der Waals surface area contributed by atoms with Gasteiger partial charge in [-0.3, -0.25) is 4.79 Å². The van der Waals surface area contributed by atoms with Crippen molar-refractivity contribution in [2.45, 2.75) is 34.1 Å². The van der Waals surface area contributed by atoms with Crippen molar-refractivity contribution in [3.63, 3.8) is 0 Å². The number of rotatable bonds is 4. The maximum absolute atomic E-state index is 10.3. The summed E-state index contributed by atoms with van der Waals surface area (Å²) in [6.45, 7) is 8.36. The first-order valence-corrected chi connectivity index (χ1v) is 4.17. The quantitative estimate of drug-likeness (QED) is 0.682. The Bertz CT molecular complexity index is 130. The Morgan fingerprint density at radius 1 is 1.27 bits per heavy atom. The maximum Gasteiger partial charge on any atom is 0.303 e. The van der Waals surface area contributed by atoms with Gasteiger partial charge in [0.05, 0.1) is 0 Å². The van der Waals surface area contributed by atoms with Crippen LogP contribution < -0.4 is 0 Å². The monoisotopic (exact) mass is 158 g/mol. The fourth-order valence-corrected chi connectivity index (χ4v) is 1.12. The lowest BCUT2D eigenvalue weighted by atomic mass is 9.84. The summed E-state index contributed by atoms with van der Waals surface area (Å²) in [5.41, 5.74) is 0. The first kappa shape index (κ1) is 10.5. The molecule has 0 rings (SSSR count). The molecule has 0 spiro atoms. The topological polar surface area (TPSA) is 37.3 Å². The summed E-state index contributed by atoms with van der Waals surface area (Å²) in [7, 11) is 0. The average Bonchev–Trinajstić information content (AvgIpc) is 1.84. The Labute approximate surface area is 68.6 Å². The van der Waals surface area contributed by atoms with Gasteiger partial charge in [0.2, 0.25) is 0 Å². The molecule has 11 heavy (non-hydrogen) atoms. The molecule has 0 saturated carbocycles. The van der Waals surface area contributed by atoms with Crippen LogP contribution in [0.4, 0.5) is 0 Å². The Balaban J connectivity index is 3.82. The molecule has 0 saturated heterocycles. The van der Waals surface area contributed by atoms with Crippen LogP contribution in [0.3, 0.4) is 0 Å². The molecule has 0 fully saturated rings. The number of hydrogen-bond donors (Lipinski definition) is 1. The van der Waals surface area contributed by atoms with E-state index in [2.05, 4.69) is 20.8 Å². The van der Waals surface area contributed by atoms with Crippen LogP contribution in [-0.2, 0) is 4.79 Å². The number of carboxylic acid groups (broad SMARTS) is 1. The van der Waals surface area contributed by atoms with Gasteiger partial charge in [-0.15, -0.1) is 0 Å². The van der Waals surface area contributed by atoms with Gasteiger partial charge in [0.15, 0.2) is 0 Å². The van der Waals surface area contributed by atoms with E-state index in [0.717, 1.165) is 0 Å². The fourth-order valence-electron chi connectivity index (χ4n) is 1.12. The van der Waals surface area contributed by atoms with Crippen molar-refractivity contribution in [3.05, 3.63) is 0 Å². The predicted molar refractivity (Wildman–Crippen MR) is 45.4 cm³/mol. The van der Waals surface area contributed by atoms with Crippen LogP contribution in [0.1, 0.15) is 34.1 Å². The van der Waals surface area contributed by atoms with Gasteiger partial charge in [-0.2, -0.15) is 0 Å². The minimum atomic E-state index is -0.690. The number of aliphatic carboxylic acids is 1. The zero-order valence-corrected chi connectivity index (χ0v) is 7.79. The van der Waals surface area contributed by atoms with E-state index >= 15 is 0 Å². The number of carboxylic acids is 1. The summed E-state index contributed by atoms with van der Waals surface area (Å²) in [6, 6.07) is 0. The molecule has 66 valence electrons. The molecule has 0 aliphatic carbocycles. The highest BCUT2D eigenvalue weighted by Gasteiger charge is 2.17. The molecule has 0 aliphatic rings. The lowest BCUT2D eigenvalue weighted by Gasteiger charge is -2.21. The van der Waals surface area contributed by atoms with E-state index in [0.29, 0.717) is 18.3 Å². The zero-order valence-electron chi connectivity index (χ0n) is 7.79. The van der Waals surface area contributed by atoms with Gasteiger partial charge < -0.3 is 5.11 Å². The number of hydrogen-bond acceptors (Lipinski definition) is 1. The standard InChI is InChI=1S/C9H18O2/c1-6(2)8(4)7(3)5-9(10)11/h6-8H,5H2,1-4H3,(H,10,11)/t7-,8+/m0/s1. The molecule has 1 N–H and O–H groups in total. The Kier molecular flexibility index (Phi) is 4.16. The summed E-state index contributed by atoms with van der Waals surface area (Å²) in [5.74, 6) is 0.660. The lowest BCUT2D eigenvalue weighted by molar-refractivity contribution is -0.138. The largest absolute Gasteiger partial charge is 0.481 e. The van der Waals surface area contributed by atoms with E-state index in [-0.39, 0.29) is 5.92 Å². The molecule has 0 aromatic heterocycles. The third-order valence-electron chi connectivity index (χ3n) is 2.45. The normalized spacial score (nSPS) is 16.5. The Hall–Kier alpha value is -0.530. The first-order chi connectivity index (χ1) is 4.95. The van der Waals surface area contributed by atoms with Crippen molar-refractivity contribution in [1.29, 1.82) is 0 Å². The first-order valence-electron chi connectivity index (χ1n) is 4.17. The van der Waals surface area contributed by atoms with E-state index in [1.165, 1.54) is 0 Å². The summed E-state index contributed by atoms with van der Waals surface area (Å²) in [4.78, 5) is 10.3. The van der Waals surface area contributed by atoms with Gasteiger partial charge in [-0.25, -0.2) is 0 Å². The molecule has 2 nitrogen and oxygen atoms in total. The summed E-state index contributed by atoms with van der Waals surface area (Å²) in [6.07, 6.45) is 0.291. The molecule has 0 radical (unpaired) electrons. The van der Waals surface area contributed by atoms with E-state index in [1.54, 1.807) is 0 Å². The van der Waals surface area contributed by atoms with Gasteiger partial charge >= 0.3 is 5.97 Å². The van der Waals surface area contributed by atoms with Crippen LogP contribution >= 0.6 is 0 Å². The highest BCUT2D eigenvalue weighted by atomic mass is 16.4. The van der Waals surface area contributed by atoms with Gasteiger partial charge in [0.25, 0.3) is 0 Å². The van der Waals surface area contributed by atoms with Gasteiger partial charge in [-0.1, -0.05) is 27.7 Å². The second kappa shape index (κ2) is 4.37. The van der Waals surface area contributed by atoms with Crippen molar-refractivity contribution in [3.8, 4) is 0 Å². The molecule has 0 unspecified atom stereocenters. The van der Waals surface area contributed by atoms with Crippen molar-refractivity contribution < 1.29 is 9.90 Å². The van der Waals surface area contributed by atoms with Crippen LogP contribution in [-0.4, -0.2) is 11.1 Å². The third kappa shape index (κ3) is 4.02. The highest BCUT2D eigenvalue weighted by molar-refractivity contribution is 5.66. The van der Waals surface area contributed by atoms with Crippen molar-refractivity contribution in [1.82, 2.24) is 0 Å². The molecule has 0 aromatic carbocycles. The van der Waals surface area contributed by atoms with Crippen LogP contribution in [0.15, 0.2) is 0 Å². The molecule has 0 aliphatic heterocycles. The predicted octanol–water partition coefficient (Wildman–Crippen LogP) is 2.39. The fraction of sp³-hybridized carbons (Fsp3) is 0.889. The lowest BCUT2D eigenvalue weighted by Crippen LogP contribution is -2.17. The number of carbonyl (C=O) groups is 1. The Morgan fingerprint density at radius 2 is 1.73 bits per heavy atom. The molecule has 0 amide bonds. The zero-order chi connectivity index (χ0) is 9.02. The maximum atomic E-state index is 10.3. The van der Waals surface area contributed by atoms with E-state index in [1.807, 2.05) is 6.92 Å². The molecule has 0 bridgehead atoms.